The Morgan fingerprint density at radius 1 is 0.929 bits per heavy atom. The van der Waals surface area contributed by atoms with Gasteiger partial charge in [0.1, 0.15) is 0 Å². The molecule has 4 N–H and O–H groups in total. The molecule has 0 fully saturated rings. The average molecular weight is 413 g/mol. The molecule has 5 heteroatoms. The van der Waals surface area contributed by atoms with E-state index >= 15 is 0 Å². The van der Waals surface area contributed by atoms with Crippen LogP contribution in [0.5, 0.6) is 0 Å². The van der Waals surface area contributed by atoms with Gasteiger partial charge in [-0.2, -0.15) is 0 Å². The summed E-state index contributed by atoms with van der Waals surface area (Å²) in [6.07, 6.45) is 1.27. The Bertz CT molecular complexity index is 935. The van der Waals surface area contributed by atoms with E-state index in [2.05, 4.69) is 53.8 Å². The van der Waals surface area contributed by atoms with Crippen molar-refractivity contribution in [1.29, 1.82) is 0 Å². The Morgan fingerprint density at radius 2 is 1.43 bits per heavy atom. The molecule has 3 nitrogen and oxygen atoms in total. The SMILES string of the molecule is Nc1c(Cl)cc(C(O)CNC2c3ccccc3CCc3ccccc32)cc1Cl. The molecule has 0 heterocycles. The zero-order valence-corrected chi connectivity index (χ0v) is 16.8. The van der Waals surface area contributed by atoms with Crippen molar-refractivity contribution in [2.45, 2.75) is 25.0 Å². The van der Waals surface area contributed by atoms with Crippen LogP contribution in [0.15, 0.2) is 60.7 Å². The van der Waals surface area contributed by atoms with Crippen molar-refractivity contribution in [3.05, 3.63) is 98.5 Å². The fourth-order valence-electron chi connectivity index (χ4n) is 3.89. The van der Waals surface area contributed by atoms with Crippen LogP contribution >= 0.6 is 23.2 Å². The lowest BCUT2D eigenvalue weighted by Gasteiger charge is -2.24. The van der Waals surface area contributed by atoms with E-state index in [-0.39, 0.29) is 6.04 Å². The fourth-order valence-corrected chi connectivity index (χ4v) is 4.39. The number of hydrogen-bond acceptors (Lipinski definition) is 3. The van der Waals surface area contributed by atoms with Crippen molar-refractivity contribution < 1.29 is 5.11 Å². The largest absolute Gasteiger partial charge is 0.396 e. The zero-order chi connectivity index (χ0) is 19.7. The molecule has 0 bridgehead atoms. The average Bonchev–Trinajstić information content (AvgIpc) is 2.87. The monoisotopic (exact) mass is 412 g/mol. The molecular weight excluding hydrogens is 391 g/mol. The predicted octanol–water partition coefficient (Wildman–Crippen LogP) is 5.09. The van der Waals surface area contributed by atoms with Gasteiger partial charge in [-0.1, -0.05) is 71.7 Å². The van der Waals surface area contributed by atoms with Crippen LogP contribution < -0.4 is 11.1 Å². The summed E-state index contributed by atoms with van der Waals surface area (Å²) in [5.41, 5.74) is 12.0. The summed E-state index contributed by atoms with van der Waals surface area (Å²) in [6.45, 7) is 0.365. The van der Waals surface area contributed by atoms with Crippen LogP contribution in [0, 0.1) is 0 Å². The summed E-state index contributed by atoms with van der Waals surface area (Å²) in [4.78, 5) is 0. The molecule has 28 heavy (non-hydrogen) atoms. The van der Waals surface area contributed by atoms with Crippen molar-refractivity contribution in [1.82, 2.24) is 5.32 Å². The topological polar surface area (TPSA) is 58.3 Å². The van der Waals surface area contributed by atoms with Crippen LogP contribution in [0.25, 0.3) is 0 Å². The lowest BCUT2D eigenvalue weighted by atomic mass is 9.94. The number of aliphatic hydroxyl groups is 1. The quantitative estimate of drug-likeness (QED) is 0.523. The van der Waals surface area contributed by atoms with E-state index in [0.717, 1.165) is 12.8 Å². The molecule has 3 aromatic rings. The molecule has 0 spiro atoms. The predicted molar refractivity (Wildman–Crippen MR) is 116 cm³/mol. The van der Waals surface area contributed by atoms with Crippen molar-refractivity contribution in [3.63, 3.8) is 0 Å². The summed E-state index contributed by atoms with van der Waals surface area (Å²) in [5, 5.41) is 15.0. The van der Waals surface area contributed by atoms with Gasteiger partial charge >= 0.3 is 0 Å². The van der Waals surface area contributed by atoms with Crippen LogP contribution in [0.4, 0.5) is 5.69 Å². The number of nitrogens with two attached hydrogens (primary N) is 1. The fraction of sp³-hybridized carbons (Fsp3) is 0.217. The minimum absolute atomic E-state index is 0.0178. The number of anilines is 1. The second kappa shape index (κ2) is 8.14. The molecule has 0 aliphatic heterocycles. The van der Waals surface area contributed by atoms with E-state index in [1.54, 1.807) is 12.1 Å². The zero-order valence-electron chi connectivity index (χ0n) is 15.3. The molecule has 0 radical (unpaired) electrons. The first-order valence-corrected chi connectivity index (χ1v) is 10.1. The Balaban J connectivity index is 1.62. The molecular formula is C23H22Cl2N2O. The van der Waals surface area contributed by atoms with Crippen molar-refractivity contribution >= 4 is 28.9 Å². The normalized spacial score (nSPS) is 14.8. The van der Waals surface area contributed by atoms with Gasteiger partial charge in [0.05, 0.1) is 27.9 Å². The number of aryl methyl sites for hydroxylation is 2. The van der Waals surface area contributed by atoms with E-state index in [4.69, 9.17) is 28.9 Å². The highest BCUT2D eigenvalue weighted by molar-refractivity contribution is 6.38. The number of nitrogens with one attached hydrogen (secondary N) is 1. The number of halogens is 2. The van der Waals surface area contributed by atoms with Crippen LogP contribution in [0.1, 0.15) is 40.0 Å². The maximum absolute atomic E-state index is 10.7. The third kappa shape index (κ3) is 3.76. The Morgan fingerprint density at radius 3 is 1.96 bits per heavy atom. The Hall–Kier alpha value is -2.04. The molecule has 144 valence electrons. The number of hydrogen-bond donors (Lipinski definition) is 3. The maximum Gasteiger partial charge on any atom is 0.0915 e. The smallest absolute Gasteiger partial charge is 0.0915 e. The standard InChI is InChI=1S/C23H22Cl2N2O/c24-19-11-16(12-20(25)22(19)26)21(28)13-27-23-17-7-3-1-5-14(17)9-10-15-6-2-4-8-18(15)23/h1-8,11-12,21,23,27-28H,9-10,13,26H2. The molecule has 1 aliphatic rings. The minimum atomic E-state index is -0.752. The van der Waals surface area contributed by atoms with Crippen LogP contribution in [0.2, 0.25) is 10.0 Å². The summed E-state index contributed by atoms with van der Waals surface area (Å²) in [5.74, 6) is 0. The van der Waals surface area contributed by atoms with Gasteiger partial charge in [-0.25, -0.2) is 0 Å². The van der Waals surface area contributed by atoms with Crippen molar-refractivity contribution in [2.75, 3.05) is 12.3 Å². The molecule has 0 aromatic heterocycles. The first-order chi connectivity index (χ1) is 13.5. The van der Waals surface area contributed by atoms with Crippen molar-refractivity contribution in [2.24, 2.45) is 0 Å². The Kier molecular flexibility index (Phi) is 5.61. The highest BCUT2D eigenvalue weighted by Gasteiger charge is 2.24. The lowest BCUT2D eigenvalue weighted by Crippen LogP contribution is -2.28. The maximum atomic E-state index is 10.7. The van der Waals surface area contributed by atoms with Gasteiger partial charge in [0.15, 0.2) is 0 Å². The van der Waals surface area contributed by atoms with Gasteiger partial charge in [-0.05, 0) is 52.8 Å². The van der Waals surface area contributed by atoms with Crippen LogP contribution in [-0.2, 0) is 12.8 Å². The van der Waals surface area contributed by atoms with Gasteiger partial charge < -0.3 is 16.2 Å². The van der Waals surface area contributed by atoms with Crippen LogP contribution in [0.3, 0.4) is 0 Å². The van der Waals surface area contributed by atoms with E-state index in [1.807, 2.05) is 0 Å². The molecule has 0 amide bonds. The number of aliphatic hydroxyl groups excluding tert-OH is 1. The number of nitrogen functional groups attached to an aromatic ring is 1. The van der Waals surface area contributed by atoms with Gasteiger partial charge in [-0.3, -0.25) is 0 Å². The van der Waals surface area contributed by atoms with Crippen molar-refractivity contribution in [3.8, 4) is 0 Å². The van der Waals surface area contributed by atoms with E-state index in [9.17, 15) is 5.11 Å². The second-order valence-corrected chi connectivity index (χ2v) is 7.97. The van der Waals surface area contributed by atoms with Crippen LogP contribution in [-0.4, -0.2) is 11.7 Å². The lowest BCUT2D eigenvalue weighted by molar-refractivity contribution is 0.172. The van der Waals surface area contributed by atoms with Gasteiger partial charge in [-0.15, -0.1) is 0 Å². The number of rotatable bonds is 4. The first kappa shape index (κ1) is 19.3. The number of benzene rings is 3. The summed E-state index contributed by atoms with van der Waals surface area (Å²) in [6, 6.07) is 20.4. The summed E-state index contributed by atoms with van der Waals surface area (Å²) < 4.78 is 0. The highest BCUT2D eigenvalue weighted by atomic mass is 35.5. The molecule has 0 saturated carbocycles. The minimum Gasteiger partial charge on any atom is -0.396 e. The number of fused-ring (bicyclic) bond motifs is 2. The Labute approximate surface area is 175 Å². The first-order valence-electron chi connectivity index (χ1n) is 9.36. The van der Waals surface area contributed by atoms with Gasteiger partial charge in [0.25, 0.3) is 0 Å². The van der Waals surface area contributed by atoms with E-state index < -0.39 is 6.10 Å². The summed E-state index contributed by atoms with van der Waals surface area (Å²) in [7, 11) is 0. The van der Waals surface area contributed by atoms with Gasteiger partial charge in [0, 0.05) is 6.54 Å². The third-order valence-corrected chi connectivity index (χ3v) is 6.02. The second-order valence-electron chi connectivity index (χ2n) is 7.15. The van der Waals surface area contributed by atoms with Gasteiger partial charge in [0.2, 0.25) is 0 Å². The molecule has 1 atom stereocenters. The molecule has 1 aliphatic carbocycles. The van der Waals surface area contributed by atoms with E-state index in [0.29, 0.717) is 27.8 Å². The van der Waals surface area contributed by atoms with E-state index in [1.165, 1.54) is 22.3 Å². The molecule has 0 saturated heterocycles. The summed E-state index contributed by atoms with van der Waals surface area (Å²) >= 11 is 12.3. The molecule has 1 unspecified atom stereocenters. The molecule has 4 rings (SSSR count). The highest BCUT2D eigenvalue weighted by Crippen LogP contribution is 2.34. The third-order valence-electron chi connectivity index (χ3n) is 5.40. The molecule has 3 aromatic carbocycles.